The van der Waals surface area contributed by atoms with Crippen LogP contribution in [0.1, 0.15) is 16.7 Å². The van der Waals surface area contributed by atoms with Crippen LogP contribution >= 0.6 is 0 Å². The summed E-state index contributed by atoms with van der Waals surface area (Å²) in [6.07, 6.45) is 6.54. The molecule has 2 aliphatic rings. The van der Waals surface area contributed by atoms with E-state index in [1.165, 1.54) is 22.3 Å². The zero-order valence-corrected chi connectivity index (χ0v) is 9.49. The summed E-state index contributed by atoms with van der Waals surface area (Å²) in [5, 5.41) is 0. The Morgan fingerprint density at radius 1 is 1.31 bits per heavy atom. The minimum atomic E-state index is 0.139. The van der Waals surface area contributed by atoms with E-state index in [1.807, 2.05) is 0 Å². The summed E-state index contributed by atoms with van der Waals surface area (Å²) in [5.41, 5.74) is 6.62. The predicted molar refractivity (Wildman–Crippen MR) is 66.1 cm³/mol. The Bertz CT molecular complexity index is 494. The summed E-state index contributed by atoms with van der Waals surface area (Å²) in [6, 6.07) is 6.56. The molecular formula is C15H15O. The Kier molecular flexibility index (Phi) is 2.22. The van der Waals surface area contributed by atoms with Gasteiger partial charge in [0.2, 0.25) is 0 Å². The van der Waals surface area contributed by atoms with Crippen LogP contribution in [-0.4, -0.2) is 13.2 Å². The van der Waals surface area contributed by atoms with Crippen molar-refractivity contribution >= 4 is 5.57 Å². The first kappa shape index (κ1) is 9.86. The molecular weight excluding hydrogens is 196 g/mol. The SMILES string of the molecule is [CH2]C1=C2C=CCc3cccc(c32)CC1OC. The van der Waals surface area contributed by atoms with Gasteiger partial charge in [-0.15, -0.1) is 0 Å². The van der Waals surface area contributed by atoms with Crippen molar-refractivity contribution in [2.75, 3.05) is 7.11 Å². The molecule has 0 aromatic heterocycles. The maximum Gasteiger partial charge on any atom is 0.0830 e. The van der Waals surface area contributed by atoms with Crippen LogP contribution in [0.4, 0.5) is 0 Å². The molecule has 0 heterocycles. The lowest BCUT2D eigenvalue weighted by molar-refractivity contribution is 0.133. The van der Waals surface area contributed by atoms with Crippen molar-refractivity contribution < 1.29 is 4.74 Å². The second kappa shape index (κ2) is 3.60. The number of rotatable bonds is 1. The lowest BCUT2D eigenvalue weighted by Crippen LogP contribution is -2.23. The molecule has 0 aliphatic heterocycles. The maximum absolute atomic E-state index is 5.50. The average Bonchev–Trinajstić information content (AvgIpc) is 2.33. The van der Waals surface area contributed by atoms with Crippen LogP contribution in [-0.2, 0) is 17.6 Å². The third-order valence-electron chi connectivity index (χ3n) is 3.55. The smallest absolute Gasteiger partial charge is 0.0830 e. The first-order valence-electron chi connectivity index (χ1n) is 5.68. The van der Waals surface area contributed by atoms with Gasteiger partial charge in [-0.05, 0) is 41.2 Å². The number of methoxy groups -OCH3 is 1. The van der Waals surface area contributed by atoms with Crippen LogP contribution in [0, 0.1) is 6.92 Å². The van der Waals surface area contributed by atoms with Gasteiger partial charge in [-0.3, -0.25) is 0 Å². The average molecular weight is 211 g/mol. The van der Waals surface area contributed by atoms with E-state index in [-0.39, 0.29) is 6.10 Å². The normalized spacial score (nSPS) is 22.2. The molecule has 0 N–H and O–H groups in total. The van der Waals surface area contributed by atoms with E-state index in [2.05, 4.69) is 37.3 Å². The number of ether oxygens (including phenoxy) is 1. The molecule has 3 rings (SSSR count). The van der Waals surface area contributed by atoms with E-state index >= 15 is 0 Å². The summed E-state index contributed by atoms with van der Waals surface area (Å²) >= 11 is 0. The number of benzene rings is 1. The zero-order valence-electron chi connectivity index (χ0n) is 9.49. The molecule has 0 amide bonds. The highest BCUT2D eigenvalue weighted by Gasteiger charge is 2.26. The fraction of sp³-hybridized carbons (Fsp3) is 0.267. The first-order chi connectivity index (χ1) is 7.81. The molecule has 0 saturated carbocycles. The fourth-order valence-electron chi connectivity index (χ4n) is 2.72. The topological polar surface area (TPSA) is 9.23 Å². The van der Waals surface area contributed by atoms with Gasteiger partial charge in [0.1, 0.15) is 0 Å². The molecule has 0 spiro atoms. The van der Waals surface area contributed by atoms with Gasteiger partial charge in [0.05, 0.1) is 6.10 Å². The molecule has 0 saturated heterocycles. The highest BCUT2D eigenvalue weighted by molar-refractivity contribution is 5.84. The van der Waals surface area contributed by atoms with E-state index in [4.69, 9.17) is 4.74 Å². The van der Waals surface area contributed by atoms with E-state index < -0.39 is 0 Å². The third-order valence-corrected chi connectivity index (χ3v) is 3.55. The molecule has 1 aromatic rings. The van der Waals surface area contributed by atoms with Gasteiger partial charge in [-0.2, -0.15) is 0 Å². The molecule has 1 unspecified atom stereocenters. The fourth-order valence-corrected chi connectivity index (χ4v) is 2.72. The molecule has 1 nitrogen and oxygen atoms in total. The Balaban J connectivity index is 2.26. The largest absolute Gasteiger partial charge is 0.377 e. The van der Waals surface area contributed by atoms with Gasteiger partial charge in [0, 0.05) is 13.5 Å². The minimum absolute atomic E-state index is 0.139. The summed E-state index contributed by atoms with van der Waals surface area (Å²) in [4.78, 5) is 0. The molecule has 1 heteroatoms. The monoisotopic (exact) mass is 211 g/mol. The van der Waals surface area contributed by atoms with E-state index in [9.17, 15) is 0 Å². The highest BCUT2D eigenvalue weighted by atomic mass is 16.5. The van der Waals surface area contributed by atoms with Crippen molar-refractivity contribution in [1.29, 1.82) is 0 Å². The molecule has 16 heavy (non-hydrogen) atoms. The Morgan fingerprint density at radius 3 is 2.94 bits per heavy atom. The molecule has 81 valence electrons. The minimum Gasteiger partial charge on any atom is -0.377 e. The summed E-state index contributed by atoms with van der Waals surface area (Å²) < 4.78 is 5.50. The van der Waals surface area contributed by atoms with Crippen LogP contribution in [0.2, 0.25) is 0 Å². The number of hydrogen-bond acceptors (Lipinski definition) is 1. The van der Waals surface area contributed by atoms with E-state index in [0.717, 1.165) is 18.4 Å². The Morgan fingerprint density at radius 2 is 2.12 bits per heavy atom. The number of allylic oxidation sites excluding steroid dienone is 3. The van der Waals surface area contributed by atoms with Gasteiger partial charge < -0.3 is 4.74 Å². The van der Waals surface area contributed by atoms with Gasteiger partial charge in [-0.25, -0.2) is 0 Å². The summed E-state index contributed by atoms with van der Waals surface area (Å²) in [6.45, 7) is 4.18. The van der Waals surface area contributed by atoms with Gasteiger partial charge in [0.25, 0.3) is 0 Å². The quantitative estimate of drug-likeness (QED) is 0.694. The molecule has 2 aliphatic carbocycles. The lowest BCUT2D eigenvalue weighted by Gasteiger charge is -2.30. The molecule has 1 atom stereocenters. The second-order valence-corrected chi connectivity index (χ2v) is 4.43. The van der Waals surface area contributed by atoms with Crippen LogP contribution in [0.3, 0.4) is 0 Å². The Labute approximate surface area is 96.4 Å². The van der Waals surface area contributed by atoms with Crippen molar-refractivity contribution in [3.05, 3.63) is 59.5 Å². The maximum atomic E-state index is 5.50. The molecule has 0 fully saturated rings. The summed E-state index contributed by atoms with van der Waals surface area (Å²) in [7, 11) is 1.76. The predicted octanol–water partition coefficient (Wildman–Crippen LogP) is 2.96. The van der Waals surface area contributed by atoms with Gasteiger partial charge in [-0.1, -0.05) is 30.4 Å². The lowest BCUT2D eigenvalue weighted by atomic mass is 9.79. The van der Waals surface area contributed by atoms with Crippen LogP contribution in [0.5, 0.6) is 0 Å². The zero-order chi connectivity index (χ0) is 11.1. The van der Waals surface area contributed by atoms with Crippen molar-refractivity contribution in [3.63, 3.8) is 0 Å². The van der Waals surface area contributed by atoms with Gasteiger partial charge >= 0.3 is 0 Å². The highest BCUT2D eigenvalue weighted by Crippen LogP contribution is 2.37. The van der Waals surface area contributed by atoms with Crippen molar-refractivity contribution in [2.24, 2.45) is 0 Å². The van der Waals surface area contributed by atoms with Crippen molar-refractivity contribution in [3.8, 4) is 0 Å². The van der Waals surface area contributed by atoms with Crippen LogP contribution < -0.4 is 0 Å². The van der Waals surface area contributed by atoms with Crippen molar-refractivity contribution in [1.82, 2.24) is 0 Å². The van der Waals surface area contributed by atoms with Crippen LogP contribution in [0.15, 0.2) is 35.9 Å². The summed E-state index contributed by atoms with van der Waals surface area (Å²) in [5.74, 6) is 0. The Hall–Kier alpha value is -1.34. The van der Waals surface area contributed by atoms with Crippen molar-refractivity contribution in [2.45, 2.75) is 18.9 Å². The number of hydrogen-bond donors (Lipinski definition) is 0. The third kappa shape index (κ3) is 1.28. The van der Waals surface area contributed by atoms with E-state index in [1.54, 1.807) is 7.11 Å². The van der Waals surface area contributed by atoms with Gasteiger partial charge in [0.15, 0.2) is 0 Å². The van der Waals surface area contributed by atoms with E-state index in [0.29, 0.717) is 0 Å². The standard InChI is InChI=1S/C15H15O/c1-10-13-8-4-6-11-5-3-7-12(15(11)13)9-14(10)16-2/h3-5,7-8,14H,1,6,9H2,2H3. The molecule has 1 radical (unpaired) electrons. The van der Waals surface area contributed by atoms with Crippen LogP contribution in [0.25, 0.3) is 5.57 Å². The molecule has 0 bridgehead atoms. The second-order valence-electron chi connectivity index (χ2n) is 4.43. The molecule has 1 aromatic carbocycles. The first-order valence-corrected chi connectivity index (χ1v) is 5.68.